The Bertz CT molecular complexity index is 680. The lowest BCUT2D eigenvalue weighted by Crippen LogP contribution is -2.09. The summed E-state index contributed by atoms with van der Waals surface area (Å²) in [7, 11) is 0. The van der Waals surface area contributed by atoms with Crippen LogP contribution in [0.5, 0.6) is 0 Å². The van der Waals surface area contributed by atoms with E-state index >= 15 is 0 Å². The lowest BCUT2D eigenvalue weighted by molar-refractivity contribution is -0.384. The van der Waals surface area contributed by atoms with Crippen LogP contribution in [0.1, 0.15) is 35.2 Å². The number of benzene rings is 2. The molecular weight excluding hydrogens is 264 g/mol. The predicted octanol–water partition coefficient (Wildman–Crippen LogP) is 4.69. The van der Waals surface area contributed by atoms with Crippen LogP contribution in [-0.4, -0.2) is 4.92 Å². The van der Waals surface area contributed by atoms with Crippen molar-refractivity contribution in [3.8, 4) is 0 Å². The maximum Gasteiger partial charge on any atom is 0.269 e. The molecule has 0 spiro atoms. The Morgan fingerprint density at radius 1 is 1.05 bits per heavy atom. The maximum atomic E-state index is 10.8. The average Bonchev–Trinajstić information content (AvgIpc) is 2.40. The molecule has 0 aliphatic heterocycles. The molecule has 21 heavy (non-hydrogen) atoms. The summed E-state index contributed by atoms with van der Waals surface area (Å²) >= 11 is 0. The minimum Gasteiger partial charge on any atom is -0.378 e. The first kappa shape index (κ1) is 15.0. The predicted molar refractivity (Wildman–Crippen MR) is 85.8 cm³/mol. The van der Waals surface area contributed by atoms with E-state index in [0.29, 0.717) is 0 Å². The molecule has 110 valence electrons. The van der Waals surface area contributed by atoms with Crippen LogP contribution in [0.15, 0.2) is 36.4 Å². The highest BCUT2D eigenvalue weighted by molar-refractivity contribution is 5.56. The number of non-ortho nitro benzene ring substituents is 1. The van der Waals surface area contributed by atoms with Gasteiger partial charge in [-0.1, -0.05) is 23.8 Å². The molecule has 0 radical (unpaired) electrons. The highest BCUT2D eigenvalue weighted by Gasteiger charge is 2.12. The molecule has 0 aromatic heterocycles. The highest BCUT2D eigenvalue weighted by atomic mass is 16.6. The Morgan fingerprint density at radius 3 is 2.33 bits per heavy atom. The molecule has 0 saturated heterocycles. The summed E-state index contributed by atoms with van der Waals surface area (Å²) in [6.07, 6.45) is 0. The third-order valence-electron chi connectivity index (χ3n) is 3.68. The minimum atomic E-state index is -0.371. The van der Waals surface area contributed by atoms with Gasteiger partial charge in [0.25, 0.3) is 5.69 Å². The molecule has 0 aliphatic rings. The van der Waals surface area contributed by atoms with E-state index in [1.165, 1.54) is 22.8 Å². The van der Waals surface area contributed by atoms with Crippen LogP contribution < -0.4 is 5.32 Å². The van der Waals surface area contributed by atoms with Crippen molar-refractivity contribution in [3.63, 3.8) is 0 Å². The summed E-state index contributed by atoms with van der Waals surface area (Å²) in [5.41, 5.74) is 5.65. The van der Waals surface area contributed by atoms with E-state index < -0.39 is 0 Å². The molecule has 2 rings (SSSR count). The van der Waals surface area contributed by atoms with Gasteiger partial charge in [0, 0.05) is 23.9 Å². The Labute approximate surface area is 125 Å². The van der Waals surface area contributed by atoms with Gasteiger partial charge in [0.05, 0.1) is 4.92 Å². The second-order valence-electron chi connectivity index (χ2n) is 5.48. The molecule has 0 fully saturated rings. The first-order valence-corrected chi connectivity index (χ1v) is 6.97. The number of hydrogen-bond donors (Lipinski definition) is 1. The van der Waals surface area contributed by atoms with E-state index in [0.717, 1.165) is 11.3 Å². The van der Waals surface area contributed by atoms with Crippen LogP contribution in [0, 0.1) is 30.9 Å². The Kier molecular flexibility index (Phi) is 4.26. The van der Waals surface area contributed by atoms with Gasteiger partial charge in [-0.2, -0.15) is 0 Å². The molecule has 4 heteroatoms. The van der Waals surface area contributed by atoms with Gasteiger partial charge < -0.3 is 5.32 Å². The number of nitro benzene ring substituents is 1. The SMILES string of the molecule is Cc1ccc(C(C)Nc2ccc([N+](=O)[O-])cc2C)c(C)c1. The number of rotatable bonds is 4. The molecule has 4 nitrogen and oxygen atoms in total. The summed E-state index contributed by atoms with van der Waals surface area (Å²) in [6.45, 7) is 8.15. The lowest BCUT2D eigenvalue weighted by atomic mass is 10.00. The standard InChI is InChI=1S/C17H20N2O2/c1-11-5-7-16(12(2)9-11)14(4)18-17-8-6-15(19(20)21)10-13(17)3/h5-10,14,18H,1-4H3. The van der Waals surface area contributed by atoms with Crippen molar-refractivity contribution in [2.45, 2.75) is 33.7 Å². The summed E-state index contributed by atoms with van der Waals surface area (Å²) in [4.78, 5) is 10.4. The van der Waals surface area contributed by atoms with Crippen molar-refractivity contribution in [3.05, 3.63) is 68.8 Å². The Balaban J connectivity index is 2.23. The zero-order chi connectivity index (χ0) is 15.6. The molecule has 1 N–H and O–H groups in total. The fraction of sp³-hybridized carbons (Fsp3) is 0.294. The molecule has 2 aromatic rings. The largest absolute Gasteiger partial charge is 0.378 e. The van der Waals surface area contributed by atoms with E-state index in [2.05, 4.69) is 44.3 Å². The fourth-order valence-corrected chi connectivity index (χ4v) is 2.55. The van der Waals surface area contributed by atoms with Gasteiger partial charge in [-0.25, -0.2) is 0 Å². The van der Waals surface area contributed by atoms with E-state index in [9.17, 15) is 10.1 Å². The van der Waals surface area contributed by atoms with Crippen molar-refractivity contribution in [1.82, 2.24) is 0 Å². The number of hydrogen-bond acceptors (Lipinski definition) is 3. The number of nitro groups is 1. The van der Waals surface area contributed by atoms with Gasteiger partial charge in [0.15, 0.2) is 0 Å². The second kappa shape index (κ2) is 5.95. The topological polar surface area (TPSA) is 55.2 Å². The van der Waals surface area contributed by atoms with Crippen molar-refractivity contribution in [2.24, 2.45) is 0 Å². The van der Waals surface area contributed by atoms with E-state index in [1.807, 2.05) is 6.92 Å². The molecule has 1 unspecified atom stereocenters. The van der Waals surface area contributed by atoms with Crippen molar-refractivity contribution in [2.75, 3.05) is 5.32 Å². The number of aryl methyl sites for hydroxylation is 3. The molecule has 2 aromatic carbocycles. The van der Waals surface area contributed by atoms with Crippen LogP contribution in [0.2, 0.25) is 0 Å². The Hall–Kier alpha value is -2.36. The number of anilines is 1. The normalized spacial score (nSPS) is 12.0. The van der Waals surface area contributed by atoms with Crippen molar-refractivity contribution in [1.29, 1.82) is 0 Å². The second-order valence-corrected chi connectivity index (χ2v) is 5.48. The fourth-order valence-electron chi connectivity index (χ4n) is 2.55. The van der Waals surface area contributed by atoms with Crippen molar-refractivity contribution >= 4 is 11.4 Å². The van der Waals surface area contributed by atoms with Gasteiger partial charge in [-0.05, 0) is 50.5 Å². The van der Waals surface area contributed by atoms with Gasteiger partial charge >= 0.3 is 0 Å². The summed E-state index contributed by atoms with van der Waals surface area (Å²) < 4.78 is 0. The molecule has 0 bridgehead atoms. The average molecular weight is 284 g/mol. The summed E-state index contributed by atoms with van der Waals surface area (Å²) in [6, 6.07) is 11.4. The zero-order valence-corrected chi connectivity index (χ0v) is 12.8. The van der Waals surface area contributed by atoms with Gasteiger partial charge in [-0.15, -0.1) is 0 Å². The first-order chi connectivity index (χ1) is 9.88. The van der Waals surface area contributed by atoms with E-state index in [-0.39, 0.29) is 16.7 Å². The van der Waals surface area contributed by atoms with Crippen LogP contribution in [0.4, 0.5) is 11.4 Å². The molecule has 0 aliphatic carbocycles. The quantitative estimate of drug-likeness (QED) is 0.654. The lowest BCUT2D eigenvalue weighted by Gasteiger charge is -2.19. The minimum absolute atomic E-state index is 0.122. The zero-order valence-electron chi connectivity index (χ0n) is 12.8. The molecule has 0 amide bonds. The molecule has 0 saturated carbocycles. The maximum absolute atomic E-state index is 10.8. The van der Waals surface area contributed by atoms with Gasteiger partial charge in [0.2, 0.25) is 0 Å². The van der Waals surface area contributed by atoms with Crippen LogP contribution in [0.25, 0.3) is 0 Å². The van der Waals surface area contributed by atoms with Gasteiger partial charge in [0.1, 0.15) is 0 Å². The summed E-state index contributed by atoms with van der Waals surface area (Å²) in [5, 5.41) is 14.2. The molecular formula is C17H20N2O2. The number of nitrogens with zero attached hydrogens (tertiary/aromatic N) is 1. The third kappa shape index (κ3) is 3.40. The summed E-state index contributed by atoms with van der Waals surface area (Å²) in [5.74, 6) is 0. The monoisotopic (exact) mass is 284 g/mol. The highest BCUT2D eigenvalue weighted by Crippen LogP contribution is 2.27. The van der Waals surface area contributed by atoms with E-state index in [1.54, 1.807) is 12.1 Å². The smallest absolute Gasteiger partial charge is 0.269 e. The van der Waals surface area contributed by atoms with E-state index in [4.69, 9.17) is 0 Å². The molecule has 0 heterocycles. The third-order valence-corrected chi connectivity index (χ3v) is 3.68. The Morgan fingerprint density at radius 2 is 1.76 bits per heavy atom. The van der Waals surface area contributed by atoms with Crippen LogP contribution >= 0.6 is 0 Å². The van der Waals surface area contributed by atoms with Crippen LogP contribution in [-0.2, 0) is 0 Å². The molecule has 1 atom stereocenters. The van der Waals surface area contributed by atoms with Crippen LogP contribution in [0.3, 0.4) is 0 Å². The van der Waals surface area contributed by atoms with Gasteiger partial charge in [-0.3, -0.25) is 10.1 Å². The van der Waals surface area contributed by atoms with Crippen molar-refractivity contribution < 1.29 is 4.92 Å². The first-order valence-electron chi connectivity index (χ1n) is 6.97. The number of nitrogens with one attached hydrogen (secondary N) is 1.